The van der Waals surface area contributed by atoms with Crippen molar-refractivity contribution < 1.29 is 13.2 Å². The van der Waals surface area contributed by atoms with Crippen molar-refractivity contribution in [2.75, 3.05) is 11.9 Å². The molecule has 0 aromatic heterocycles. The van der Waals surface area contributed by atoms with E-state index in [0.29, 0.717) is 13.0 Å². The molecule has 2 nitrogen and oxygen atoms in total. The van der Waals surface area contributed by atoms with Crippen LogP contribution in [-0.2, 0) is 4.75 Å². The van der Waals surface area contributed by atoms with E-state index in [1.165, 1.54) is 0 Å². The van der Waals surface area contributed by atoms with Crippen LogP contribution in [0.2, 0.25) is 0 Å². The lowest BCUT2D eigenvalue weighted by atomic mass is 9.97. The van der Waals surface area contributed by atoms with E-state index in [0.717, 1.165) is 11.3 Å². The average Bonchev–Trinajstić information content (AvgIpc) is 2.71. The summed E-state index contributed by atoms with van der Waals surface area (Å²) in [4.78, 5) is 0. The number of hydrogen-bond donors (Lipinski definition) is 2. The summed E-state index contributed by atoms with van der Waals surface area (Å²) in [6, 6.07) is 7.24. The highest BCUT2D eigenvalue weighted by atomic mass is 32.2. The Hall–Kier alpha value is -0.880. The summed E-state index contributed by atoms with van der Waals surface area (Å²) in [6.07, 6.45) is 0.165. The molecule has 0 radical (unpaired) electrons. The molecular formula is C11H11F3N2S. The Morgan fingerprint density at radius 1 is 1.29 bits per heavy atom. The lowest BCUT2D eigenvalue weighted by molar-refractivity contribution is -0.0344. The van der Waals surface area contributed by atoms with Gasteiger partial charge in [0.1, 0.15) is 0 Å². The molecule has 2 heterocycles. The highest BCUT2D eigenvalue weighted by Gasteiger charge is 2.56. The third-order valence-electron chi connectivity index (χ3n) is 3.29. The normalized spacial score (nSPS) is 30.9. The molecule has 0 bridgehead atoms. The van der Waals surface area contributed by atoms with Crippen LogP contribution in [0.15, 0.2) is 24.3 Å². The van der Waals surface area contributed by atoms with Crippen molar-refractivity contribution in [3.05, 3.63) is 29.8 Å². The number of alkyl halides is 3. The fraction of sp³-hybridized carbons (Fsp3) is 0.455. The summed E-state index contributed by atoms with van der Waals surface area (Å²) in [7, 11) is 0. The molecule has 92 valence electrons. The number of benzene rings is 1. The number of rotatable bonds is 1. The van der Waals surface area contributed by atoms with Crippen molar-refractivity contribution in [2.45, 2.75) is 22.8 Å². The molecule has 1 aromatic carbocycles. The minimum Gasteiger partial charge on any atom is -0.368 e. The maximum Gasteiger partial charge on any atom is 0.442 e. The van der Waals surface area contributed by atoms with Crippen molar-refractivity contribution in [3.63, 3.8) is 0 Å². The lowest BCUT2D eigenvalue weighted by Crippen LogP contribution is -2.39. The van der Waals surface area contributed by atoms with E-state index in [-0.39, 0.29) is 17.9 Å². The van der Waals surface area contributed by atoms with Crippen LogP contribution in [0.4, 0.5) is 18.9 Å². The van der Waals surface area contributed by atoms with Gasteiger partial charge < -0.3 is 5.32 Å². The summed E-state index contributed by atoms with van der Waals surface area (Å²) in [6.45, 7) is 0.606. The van der Waals surface area contributed by atoms with Gasteiger partial charge in [-0.2, -0.15) is 13.2 Å². The lowest BCUT2D eigenvalue weighted by Gasteiger charge is -2.29. The largest absolute Gasteiger partial charge is 0.442 e. The highest BCUT2D eigenvalue weighted by molar-refractivity contribution is 8.01. The molecule has 3 rings (SSSR count). The first-order chi connectivity index (χ1) is 8.01. The van der Waals surface area contributed by atoms with Gasteiger partial charge in [-0.25, -0.2) is 0 Å². The topological polar surface area (TPSA) is 24.1 Å². The van der Waals surface area contributed by atoms with Gasteiger partial charge in [-0.1, -0.05) is 18.2 Å². The third-order valence-corrected chi connectivity index (χ3v) is 4.55. The van der Waals surface area contributed by atoms with Crippen molar-refractivity contribution >= 4 is 17.4 Å². The average molecular weight is 260 g/mol. The summed E-state index contributed by atoms with van der Waals surface area (Å²) in [5.41, 5.74) is -2.65. The van der Waals surface area contributed by atoms with Gasteiger partial charge in [0.25, 0.3) is 0 Å². The predicted molar refractivity (Wildman–Crippen MR) is 61.8 cm³/mol. The van der Waals surface area contributed by atoms with Gasteiger partial charge >= 0.3 is 5.51 Å². The van der Waals surface area contributed by atoms with E-state index in [4.69, 9.17) is 0 Å². The first-order valence-electron chi connectivity index (χ1n) is 5.38. The Kier molecular flexibility index (Phi) is 2.35. The van der Waals surface area contributed by atoms with E-state index in [1.54, 1.807) is 12.1 Å². The van der Waals surface area contributed by atoms with Gasteiger partial charge in [0.15, 0.2) is 0 Å². The highest BCUT2D eigenvalue weighted by Crippen LogP contribution is 2.57. The molecule has 2 aliphatic heterocycles. The molecule has 6 heteroatoms. The fourth-order valence-corrected chi connectivity index (χ4v) is 3.84. The van der Waals surface area contributed by atoms with E-state index in [9.17, 15) is 13.2 Å². The second kappa shape index (κ2) is 3.55. The number of halogens is 3. The number of nitrogens with one attached hydrogen (secondary N) is 2. The standard InChI is InChI=1S/C11H11F3N2S/c12-11(13,14)17-10-5-6-15-9(10)16-8-4-2-1-3-7(8)10/h1-4,9,15-16H,5-6H2/t9-,10-/m1/s1. The molecule has 0 amide bonds. The summed E-state index contributed by atoms with van der Waals surface area (Å²) >= 11 is 0.100. The van der Waals surface area contributed by atoms with Crippen molar-refractivity contribution in [1.82, 2.24) is 5.32 Å². The second-order valence-corrected chi connectivity index (χ2v) is 5.66. The molecule has 1 saturated heterocycles. The smallest absolute Gasteiger partial charge is 0.368 e. The quantitative estimate of drug-likeness (QED) is 0.812. The van der Waals surface area contributed by atoms with Crippen LogP contribution in [0.25, 0.3) is 0 Å². The molecule has 1 fully saturated rings. The van der Waals surface area contributed by atoms with Crippen LogP contribution in [0, 0.1) is 0 Å². The van der Waals surface area contributed by atoms with Crippen molar-refractivity contribution in [1.29, 1.82) is 0 Å². The maximum atomic E-state index is 12.7. The predicted octanol–water partition coefficient (Wildman–Crippen LogP) is 2.88. The Balaban J connectivity index is 2.06. The molecule has 1 aromatic rings. The zero-order chi connectivity index (χ0) is 12.1. The molecule has 0 spiro atoms. The Morgan fingerprint density at radius 3 is 2.82 bits per heavy atom. The summed E-state index contributed by atoms with van der Waals surface area (Å²) < 4.78 is 37.3. The van der Waals surface area contributed by atoms with Crippen molar-refractivity contribution in [2.24, 2.45) is 0 Å². The number of anilines is 1. The molecule has 0 aliphatic carbocycles. The Labute approximate surface area is 101 Å². The zero-order valence-electron chi connectivity index (χ0n) is 8.84. The van der Waals surface area contributed by atoms with E-state index < -0.39 is 10.3 Å². The zero-order valence-corrected chi connectivity index (χ0v) is 9.66. The van der Waals surface area contributed by atoms with Crippen LogP contribution < -0.4 is 10.6 Å². The first kappa shape index (κ1) is 11.2. The number of fused-ring (bicyclic) bond motifs is 3. The fourth-order valence-electron chi connectivity index (χ4n) is 2.67. The van der Waals surface area contributed by atoms with E-state index in [1.807, 2.05) is 12.1 Å². The first-order valence-corrected chi connectivity index (χ1v) is 6.19. The van der Waals surface area contributed by atoms with Gasteiger partial charge in [-0.05, 0) is 36.4 Å². The summed E-state index contributed by atoms with van der Waals surface area (Å²) in [5.74, 6) is 0. The molecule has 2 aliphatic rings. The van der Waals surface area contributed by atoms with Gasteiger partial charge in [-0.15, -0.1) is 0 Å². The van der Waals surface area contributed by atoms with Crippen LogP contribution in [-0.4, -0.2) is 18.2 Å². The second-order valence-electron chi connectivity index (χ2n) is 4.26. The van der Waals surface area contributed by atoms with E-state index in [2.05, 4.69) is 10.6 Å². The molecule has 2 atom stereocenters. The van der Waals surface area contributed by atoms with Gasteiger partial charge in [0.05, 0.1) is 10.9 Å². The molecule has 0 unspecified atom stereocenters. The van der Waals surface area contributed by atoms with Crippen molar-refractivity contribution in [3.8, 4) is 0 Å². The van der Waals surface area contributed by atoms with Crippen LogP contribution in [0.3, 0.4) is 0 Å². The number of para-hydroxylation sites is 1. The minimum atomic E-state index is -4.22. The van der Waals surface area contributed by atoms with Crippen LogP contribution in [0.5, 0.6) is 0 Å². The van der Waals surface area contributed by atoms with E-state index >= 15 is 0 Å². The number of thioether (sulfide) groups is 1. The Bertz CT molecular complexity index is 449. The van der Waals surface area contributed by atoms with Crippen LogP contribution in [0.1, 0.15) is 12.0 Å². The molecular weight excluding hydrogens is 249 g/mol. The summed E-state index contributed by atoms with van der Waals surface area (Å²) in [5, 5.41) is 6.22. The van der Waals surface area contributed by atoms with Gasteiger partial charge in [0, 0.05) is 5.69 Å². The number of hydrogen-bond acceptors (Lipinski definition) is 3. The SMILES string of the molecule is FC(F)(F)S[C@@]12CCN[C@@H]1Nc1ccccc12. The minimum absolute atomic E-state index is 0.100. The maximum absolute atomic E-state index is 12.7. The third kappa shape index (κ3) is 1.70. The van der Waals surface area contributed by atoms with Crippen LogP contribution >= 0.6 is 11.8 Å². The Morgan fingerprint density at radius 2 is 2.06 bits per heavy atom. The van der Waals surface area contributed by atoms with Gasteiger partial charge in [-0.3, -0.25) is 5.32 Å². The molecule has 0 saturated carbocycles. The molecule has 17 heavy (non-hydrogen) atoms. The molecule has 2 N–H and O–H groups in total. The monoisotopic (exact) mass is 260 g/mol. The van der Waals surface area contributed by atoms with Gasteiger partial charge in [0.2, 0.25) is 0 Å².